The fourth-order valence-electron chi connectivity index (χ4n) is 3.14. The van der Waals surface area contributed by atoms with Crippen molar-refractivity contribution in [2.45, 2.75) is 30.6 Å². The van der Waals surface area contributed by atoms with E-state index in [1.165, 1.54) is 7.11 Å². The van der Waals surface area contributed by atoms with Crippen LogP contribution in [0.25, 0.3) is 0 Å². The number of amides is 1. The Labute approximate surface area is 177 Å². The summed E-state index contributed by atoms with van der Waals surface area (Å²) >= 11 is 3.32. The predicted octanol–water partition coefficient (Wildman–Crippen LogP) is 2.14. The second kappa shape index (κ2) is 9.98. The number of benzene rings is 2. The Kier molecular flexibility index (Phi) is 7.38. The summed E-state index contributed by atoms with van der Waals surface area (Å²) in [5, 5.41) is 14.0. The van der Waals surface area contributed by atoms with Gasteiger partial charge >= 0.3 is 5.97 Å². The van der Waals surface area contributed by atoms with Crippen LogP contribution in [0.5, 0.6) is 0 Å². The molecule has 7 nitrogen and oxygen atoms in total. The summed E-state index contributed by atoms with van der Waals surface area (Å²) in [6.07, 6.45) is -3.81. The van der Waals surface area contributed by atoms with E-state index in [1.54, 1.807) is 60.7 Å². The van der Waals surface area contributed by atoms with E-state index in [0.717, 1.165) is 0 Å². The van der Waals surface area contributed by atoms with Gasteiger partial charge in [-0.2, -0.15) is 0 Å². The molecule has 8 heteroatoms. The first-order valence-electron chi connectivity index (χ1n) is 9.09. The van der Waals surface area contributed by atoms with E-state index in [1.807, 2.05) is 0 Å². The van der Waals surface area contributed by atoms with Gasteiger partial charge in [-0.25, -0.2) is 4.79 Å². The fraction of sp³-hybridized carbons (Fsp3) is 0.333. The Balaban J connectivity index is 1.79. The molecule has 2 aromatic carbocycles. The molecular weight excluding hydrogens is 442 g/mol. The number of rotatable bonds is 6. The van der Waals surface area contributed by atoms with Gasteiger partial charge in [0, 0.05) is 18.0 Å². The van der Waals surface area contributed by atoms with E-state index in [2.05, 4.69) is 21.2 Å². The van der Waals surface area contributed by atoms with Crippen LogP contribution < -0.4 is 5.32 Å². The van der Waals surface area contributed by atoms with E-state index >= 15 is 0 Å². The molecule has 1 fully saturated rings. The van der Waals surface area contributed by atoms with Crippen LogP contribution in [0.2, 0.25) is 0 Å². The molecule has 1 saturated heterocycles. The molecular formula is C21H22BrNO6. The van der Waals surface area contributed by atoms with Gasteiger partial charge in [0.15, 0.2) is 12.4 Å². The number of aliphatic hydroxyl groups excluding tert-OH is 1. The molecule has 5 atom stereocenters. The third-order valence-electron chi connectivity index (χ3n) is 4.64. The Morgan fingerprint density at radius 3 is 2.21 bits per heavy atom. The third kappa shape index (κ3) is 5.02. The maximum absolute atomic E-state index is 12.6. The quantitative estimate of drug-likeness (QED) is 0.503. The number of esters is 1. The largest absolute Gasteiger partial charge is 0.453 e. The average molecular weight is 464 g/mol. The summed E-state index contributed by atoms with van der Waals surface area (Å²) in [7, 11) is 1.42. The molecule has 3 rings (SSSR count). The molecule has 29 heavy (non-hydrogen) atoms. The van der Waals surface area contributed by atoms with Crippen LogP contribution in [0.15, 0.2) is 60.7 Å². The number of halogens is 1. The van der Waals surface area contributed by atoms with Crippen molar-refractivity contribution in [3.63, 3.8) is 0 Å². The minimum absolute atomic E-state index is 0.302. The molecule has 1 aliphatic heterocycles. The lowest BCUT2D eigenvalue weighted by atomic mass is 9.96. The van der Waals surface area contributed by atoms with Crippen molar-refractivity contribution >= 4 is 27.8 Å². The Hall–Kier alpha value is -2.26. The molecule has 0 aromatic heterocycles. The number of aliphatic hydroxyl groups is 1. The van der Waals surface area contributed by atoms with Crippen molar-refractivity contribution in [1.82, 2.24) is 5.32 Å². The highest BCUT2D eigenvalue weighted by Crippen LogP contribution is 2.26. The van der Waals surface area contributed by atoms with Crippen LogP contribution in [0, 0.1) is 0 Å². The van der Waals surface area contributed by atoms with E-state index in [4.69, 9.17) is 14.2 Å². The zero-order valence-electron chi connectivity index (χ0n) is 15.7. The number of hydrogen-bond donors (Lipinski definition) is 2. The van der Waals surface area contributed by atoms with Crippen molar-refractivity contribution in [1.29, 1.82) is 0 Å². The lowest BCUT2D eigenvalue weighted by Gasteiger charge is -2.43. The van der Waals surface area contributed by atoms with Gasteiger partial charge in [0.1, 0.15) is 18.2 Å². The molecule has 2 N–H and O–H groups in total. The molecule has 0 spiro atoms. The first kappa shape index (κ1) is 21.4. The Morgan fingerprint density at radius 1 is 1.07 bits per heavy atom. The SMILES string of the molecule is CO[C@H]1O[C@H](CBr)[C@@H](OC(=O)c2ccccc2)[C@H](O)[C@H]1NC(=O)c1ccccc1. The maximum Gasteiger partial charge on any atom is 0.338 e. The third-order valence-corrected chi connectivity index (χ3v) is 5.28. The highest BCUT2D eigenvalue weighted by molar-refractivity contribution is 9.09. The standard InChI is InChI=1S/C21H22BrNO6/c1-27-21-16(23-19(25)13-8-4-2-5-9-13)17(24)18(15(12-22)28-21)29-20(26)14-10-6-3-7-11-14/h2-11,15-18,21,24H,12H2,1H3,(H,23,25)/t15-,16-,17-,18-,21+/m1/s1. The second-order valence-electron chi connectivity index (χ2n) is 6.52. The average Bonchev–Trinajstić information content (AvgIpc) is 2.77. The predicted molar refractivity (Wildman–Crippen MR) is 109 cm³/mol. The number of carbonyl (C=O) groups excluding carboxylic acids is 2. The minimum atomic E-state index is -1.24. The molecule has 1 amide bonds. The summed E-state index contributed by atoms with van der Waals surface area (Å²) in [6, 6.07) is 16.1. The summed E-state index contributed by atoms with van der Waals surface area (Å²) in [6.45, 7) is 0. The van der Waals surface area contributed by atoms with Crippen LogP contribution in [0.1, 0.15) is 20.7 Å². The molecule has 154 valence electrons. The van der Waals surface area contributed by atoms with Crippen molar-refractivity contribution in [2.75, 3.05) is 12.4 Å². The van der Waals surface area contributed by atoms with Crippen LogP contribution >= 0.6 is 15.9 Å². The van der Waals surface area contributed by atoms with Gasteiger partial charge in [-0.3, -0.25) is 4.79 Å². The van der Waals surface area contributed by atoms with Gasteiger partial charge in [-0.1, -0.05) is 52.3 Å². The number of alkyl halides is 1. The van der Waals surface area contributed by atoms with Gasteiger partial charge in [-0.15, -0.1) is 0 Å². The van der Waals surface area contributed by atoms with Crippen LogP contribution in [0.4, 0.5) is 0 Å². The van der Waals surface area contributed by atoms with Crippen molar-refractivity contribution in [2.24, 2.45) is 0 Å². The minimum Gasteiger partial charge on any atom is -0.453 e. The van der Waals surface area contributed by atoms with E-state index in [9.17, 15) is 14.7 Å². The zero-order chi connectivity index (χ0) is 20.8. The van der Waals surface area contributed by atoms with Crippen LogP contribution in [-0.4, -0.2) is 60.1 Å². The van der Waals surface area contributed by atoms with Gasteiger partial charge in [-0.05, 0) is 24.3 Å². The lowest BCUT2D eigenvalue weighted by molar-refractivity contribution is -0.249. The van der Waals surface area contributed by atoms with Crippen molar-refractivity contribution in [3.8, 4) is 0 Å². The smallest absolute Gasteiger partial charge is 0.338 e. The molecule has 0 saturated carbocycles. The zero-order valence-corrected chi connectivity index (χ0v) is 17.3. The maximum atomic E-state index is 12.6. The first-order valence-corrected chi connectivity index (χ1v) is 10.2. The fourth-order valence-corrected chi connectivity index (χ4v) is 3.66. The normalized spacial score (nSPS) is 26.5. The van der Waals surface area contributed by atoms with Gasteiger partial charge in [0.25, 0.3) is 5.91 Å². The van der Waals surface area contributed by atoms with Crippen LogP contribution in [-0.2, 0) is 14.2 Å². The van der Waals surface area contributed by atoms with Gasteiger partial charge < -0.3 is 24.6 Å². The molecule has 1 heterocycles. The molecule has 0 bridgehead atoms. The number of nitrogens with one attached hydrogen (secondary N) is 1. The van der Waals surface area contributed by atoms with Gasteiger partial charge in [0.05, 0.1) is 5.56 Å². The van der Waals surface area contributed by atoms with E-state index < -0.39 is 42.5 Å². The molecule has 1 aliphatic rings. The Bertz CT molecular complexity index is 751. The van der Waals surface area contributed by atoms with E-state index in [0.29, 0.717) is 16.5 Å². The van der Waals surface area contributed by atoms with Crippen molar-refractivity contribution < 1.29 is 28.9 Å². The lowest BCUT2D eigenvalue weighted by Crippen LogP contribution is -2.65. The second-order valence-corrected chi connectivity index (χ2v) is 7.17. The van der Waals surface area contributed by atoms with E-state index in [-0.39, 0.29) is 0 Å². The summed E-state index contributed by atoms with van der Waals surface area (Å²) < 4.78 is 16.7. The monoisotopic (exact) mass is 463 g/mol. The van der Waals surface area contributed by atoms with Crippen molar-refractivity contribution in [3.05, 3.63) is 71.8 Å². The summed E-state index contributed by atoms with van der Waals surface area (Å²) in [5.41, 5.74) is 0.779. The molecule has 0 aliphatic carbocycles. The Morgan fingerprint density at radius 2 is 1.66 bits per heavy atom. The highest BCUT2D eigenvalue weighted by Gasteiger charge is 2.48. The summed E-state index contributed by atoms with van der Waals surface area (Å²) in [4.78, 5) is 25.1. The number of carbonyl (C=O) groups is 2. The molecule has 0 radical (unpaired) electrons. The number of hydrogen-bond acceptors (Lipinski definition) is 6. The molecule has 0 unspecified atom stereocenters. The topological polar surface area (TPSA) is 94.1 Å². The van der Waals surface area contributed by atoms with Gasteiger partial charge in [0.2, 0.25) is 0 Å². The number of methoxy groups -OCH3 is 1. The van der Waals surface area contributed by atoms with Crippen LogP contribution in [0.3, 0.4) is 0 Å². The summed E-state index contributed by atoms with van der Waals surface area (Å²) in [5.74, 6) is -0.987. The number of ether oxygens (including phenoxy) is 3. The first-order chi connectivity index (χ1) is 14.0. The highest BCUT2D eigenvalue weighted by atomic mass is 79.9. The molecule has 2 aromatic rings.